The number of carbonyl (C=O) groups is 2. The van der Waals surface area contributed by atoms with E-state index in [1.807, 2.05) is 26.0 Å². The van der Waals surface area contributed by atoms with Gasteiger partial charge in [0.05, 0.1) is 12.8 Å². The minimum Gasteiger partial charge on any atom is -0.495 e. The Balaban J connectivity index is 2.53. The molecule has 0 unspecified atom stereocenters. The second-order valence-electron chi connectivity index (χ2n) is 4.63. The van der Waals surface area contributed by atoms with Gasteiger partial charge >= 0.3 is 0 Å². The number of carbonyl (C=O) groups excluding carboxylic acids is 2. The number of ether oxygens (including phenoxy) is 1. The first-order valence-electron chi connectivity index (χ1n) is 6.78. The third-order valence-electron chi connectivity index (χ3n) is 2.80. The monoisotopic (exact) mass is 278 g/mol. The van der Waals surface area contributed by atoms with E-state index in [0.717, 1.165) is 18.4 Å². The minimum atomic E-state index is -0.345. The highest BCUT2D eigenvalue weighted by atomic mass is 16.5. The van der Waals surface area contributed by atoms with Gasteiger partial charge in [0.15, 0.2) is 0 Å². The van der Waals surface area contributed by atoms with Crippen molar-refractivity contribution in [2.75, 3.05) is 19.0 Å². The maximum Gasteiger partial charge on any atom is 0.233 e. The van der Waals surface area contributed by atoms with Crippen LogP contribution in [0, 0.1) is 6.92 Å². The number of rotatable bonds is 7. The topological polar surface area (TPSA) is 67.4 Å². The van der Waals surface area contributed by atoms with Crippen LogP contribution in [0.25, 0.3) is 0 Å². The standard InChI is InChI=1S/C15H22N2O3/c1-4-5-8-16-14(18)10-15(19)17-12-9-11(2)6-7-13(12)20-3/h6-7,9H,4-5,8,10H2,1-3H3,(H,16,18)(H,17,19). The van der Waals surface area contributed by atoms with E-state index < -0.39 is 0 Å². The van der Waals surface area contributed by atoms with Crippen molar-refractivity contribution in [2.24, 2.45) is 0 Å². The number of aryl methyl sites for hydroxylation is 1. The average molecular weight is 278 g/mol. The van der Waals surface area contributed by atoms with Gasteiger partial charge in [0.1, 0.15) is 12.2 Å². The molecule has 0 spiro atoms. The molecule has 1 aromatic rings. The summed E-state index contributed by atoms with van der Waals surface area (Å²) >= 11 is 0. The Hall–Kier alpha value is -2.04. The summed E-state index contributed by atoms with van der Waals surface area (Å²) in [6.45, 7) is 4.58. The molecule has 0 aliphatic heterocycles. The van der Waals surface area contributed by atoms with Crippen LogP contribution >= 0.6 is 0 Å². The van der Waals surface area contributed by atoms with Crippen LogP contribution in [0.5, 0.6) is 5.75 Å². The van der Waals surface area contributed by atoms with Gasteiger partial charge in [-0.15, -0.1) is 0 Å². The maximum atomic E-state index is 11.8. The lowest BCUT2D eigenvalue weighted by molar-refractivity contribution is -0.126. The van der Waals surface area contributed by atoms with Crippen LogP contribution < -0.4 is 15.4 Å². The molecule has 0 atom stereocenters. The Bertz CT molecular complexity index is 472. The first-order valence-corrected chi connectivity index (χ1v) is 6.78. The lowest BCUT2D eigenvalue weighted by atomic mass is 10.2. The molecule has 0 aliphatic rings. The van der Waals surface area contributed by atoms with Crippen LogP contribution in [0.15, 0.2) is 18.2 Å². The summed E-state index contributed by atoms with van der Waals surface area (Å²) in [5, 5.41) is 5.41. The van der Waals surface area contributed by atoms with Crippen molar-refractivity contribution in [1.29, 1.82) is 0 Å². The van der Waals surface area contributed by atoms with Gasteiger partial charge in [-0.3, -0.25) is 9.59 Å². The number of methoxy groups -OCH3 is 1. The number of unbranched alkanes of at least 4 members (excludes halogenated alkanes) is 1. The second kappa shape index (κ2) is 8.19. The fourth-order valence-corrected chi connectivity index (χ4v) is 1.73. The van der Waals surface area contributed by atoms with Gasteiger partial charge in [-0.05, 0) is 31.0 Å². The fraction of sp³-hybridized carbons (Fsp3) is 0.467. The number of benzene rings is 1. The molecule has 0 bridgehead atoms. The number of anilines is 1. The summed E-state index contributed by atoms with van der Waals surface area (Å²) < 4.78 is 5.17. The lowest BCUT2D eigenvalue weighted by Gasteiger charge is -2.11. The highest BCUT2D eigenvalue weighted by Gasteiger charge is 2.11. The van der Waals surface area contributed by atoms with Crippen LogP contribution in [0.1, 0.15) is 31.7 Å². The molecule has 0 fully saturated rings. The lowest BCUT2D eigenvalue weighted by Crippen LogP contribution is -2.28. The van der Waals surface area contributed by atoms with Crippen molar-refractivity contribution in [3.05, 3.63) is 23.8 Å². The van der Waals surface area contributed by atoms with Gasteiger partial charge < -0.3 is 15.4 Å². The molecule has 0 radical (unpaired) electrons. The van der Waals surface area contributed by atoms with E-state index in [1.165, 1.54) is 7.11 Å². The van der Waals surface area contributed by atoms with Crippen molar-refractivity contribution in [3.8, 4) is 5.75 Å². The summed E-state index contributed by atoms with van der Waals surface area (Å²) in [4.78, 5) is 23.3. The van der Waals surface area contributed by atoms with Crippen LogP contribution in [-0.4, -0.2) is 25.5 Å². The quantitative estimate of drug-likeness (QED) is 0.594. The second-order valence-corrected chi connectivity index (χ2v) is 4.63. The Kier molecular flexibility index (Phi) is 6.56. The Morgan fingerprint density at radius 1 is 1.25 bits per heavy atom. The number of hydrogen-bond donors (Lipinski definition) is 2. The third-order valence-corrected chi connectivity index (χ3v) is 2.80. The van der Waals surface area contributed by atoms with E-state index in [9.17, 15) is 9.59 Å². The third kappa shape index (κ3) is 5.30. The summed E-state index contributed by atoms with van der Waals surface area (Å²) in [5.41, 5.74) is 1.59. The molecule has 5 nitrogen and oxygen atoms in total. The molecule has 1 rings (SSSR count). The van der Waals surface area contributed by atoms with Crippen LogP contribution in [0.2, 0.25) is 0 Å². The molecule has 20 heavy (non-hydrogen) atoms. The van der Waals surface area contributed by atoms with E-state index in [0.29, 0.717) is 18.0 Å². The molecule has 2 amide bonds. The van der Waals surface area contributed by atoms with Gasteiger partial charge in [-0.25, -0.2) is 0 Å². The van der Waals surface area contributed by atoms with Crippen molar-refractivity contribution >= 4 is 17.5 Å². The Labute approximate surface area is 119 Å². The highest BCUT2D eigenvalue weighted by molar-refractivity contribution is 6.04. The van der Waals surface area contributed by atoms with E-state index >= 15 is 0 Å². The number of nitrogens with one attached hydrogen (secondary N) is 2. The van der Waals surface area contributed by atoms with Crippen LogP contribution in [0.3, 0.4) is 0 Å². The van der Waals surface area contributed by atoms with Crippen molar-refractivity contribution in [3.63, 3.8) is 0 Å². The molecule has 0 saturated heterocycles. The van der Waals surface area contributed by atoms with Crippen LogP contribution in [0.4, 0.5) is 5.69 Å². The Morgan fingerprint density at radius 3 is 2.65 bits per heavy atom. The van der Waals surface area contributed by atoms with E-state index in [1.54, 1.807) is 6.07 Å². The molecule has 0 saturated carbocycles. The number of amides is 2. The zero-order chi connectivity index (χ0) is 15.0. The summed E-state index contributed by atoms with van der Waals surface area (Å²) in [7, 11) is 1.54. The highest BCUT2D eigenvalue weighted by Crippen LogP contribution is 2.25. The fourth-order valence-electron chi connectivity index (χ4n) is 1.73. The van der Waals surface area contributed by atoms with Crippen molar-refractivity contribution in [2.45, 2.75) is 33.1 Å². The number of hydrogen-bond acceptors (Lipinski definition) is 3. The first kappa shape index (κ1) is 16.0. The van der Waals surface area contributed by atoms with Crippen molar-refractivity contribution < 1.29 is 14.3 Å². The van der Waals surface area contributed by atoms with E-state index in [2.05, 4.69) is 10.6 Å². The molecule has 2 N–H and O–H groups in total. The largest absolute Gasteiger partial charge is 0.495 e. The van der Waals surface area contributed by atoms with Crippen molar-refractivity contribution in [1.82, 2.24) is 5.32 Å². The predicted molar refractivity (Wildman–Crippen MR) is 78.9 cm³/mol. The van der Waals surface area contributed by atoms with Gasteiger partial charge in [0.25, 0.3) is 0 Å². The molecule has 5 heteroatoms. The van der Waals surface area contributed by atoms with Gasteiger partial charge in [-0.1, -0.05) is 19.4 Å². The normalized spacial score (nSPS) is 9.95. The zero-order valence-corrected chi connectivity index (χ0v) is 12.3. The van der Waals surface area contributed by atoms with Crippen LogP contribution in [-0.2, 0) is 9.59 Å². The summed E-state index contributed by atoms with van der Waals surface area (Å²) in [5.74, 6) is -0.0270. The summed E-state index contributed by atoms with van der Waals surface area (Å²) in [6.07, 6.45) is 1.74. The molecule has 0 aromatic heterocycles. The summed E-state index contributed by atoms with van der Waals surface area (Å²) in [6, 6.07) is 5.49. The first-order chi connectivity index (χ1) is 9.56. The van der Waals surface area contributed by atoms with Gasteiger partial charge in [0.2, 0.25) is 11.8 Å². The van der Waals surface area contributed by atoms with E-state index in [-0.39, 0.29) is 18.2 Å². The maximum absolute atomic E-state index is 11.8. The predicted octanol–water partition coefficient (Wildman–Crippen LogP) is 2.25. The minimum absolute atomic E-state index is 0.180. The Morgan fingerprint density at radius 2 is 2.00 bits per heavy atom. The van der Waals surface area contributed by atoms with E-state index in [4.69, 9.17) is 4.74 Å². The zero-order valence-electron chi connectivity index (χ0n) is 12.3. The van der Waals surface area contributed by atoms with Gasteiger partial charge in [0, 0.05) is 6.54 Å². The smallest absolute Gasteiger partial charge is 0.233 e. The average Bonchev–Trinajstić information content (AvgIpc) is 2.39. The molecular weight excluding hydrogens is 256 g/mol. The molecular formula is C15H22N2O3. The molecule has 0 aliphatic carbocycles. The SMILES string of the molecule is CCCCNC(=O)CC(=O)Nc1cc(C)ccc1OC. The molecule has 1 aromatic carbocycles. The molecule has 110 valence electrons. The molecule has 0 heterocycles. The van der Waals surface area contributed by atoms with Gasteiger partial charge in [-0.2, -0.15) is 0 Å².